The van der Waals surface area contributed by atoms with Gasteiger partial charge in [0, 0.05) is 6.42 Å². The average Bonchev–Trinajstić information content (AvgIpc) is 2.45. The van der Waals surface area contributed by atoms with Crippen LogP contribution in [0, 0.1) is 5.41 Å². The van der Waals surface area contributed by atoms with Gasteiger partial charge in [0.15, 0.2) is 6.10 Å². The van der Waals surface area contributed by atoms with Crippen molar-refractivity contribution in [3.8, 4) is 11.5 Å². The second-order valence-corrected chi connectivity index (χ2v) is 6.44. The molecule has 1 aromatic rings. The number of hydrogen-bond donors (Lipinski definition) is 2. The number of hydrogen-bond acceptors (Lipinski definition) is 4. The molecular formula is C17H26N2O4. The van der Waals surface area contributed by atoms with E-state index in [2.05, 4.69) is 10.9 Å². The fourth-order valence-corrected chi connectivity index (χ4v) is 1.80. The summed E-state index contributed by atoms with van der Waals surface area (Å²) < 4.78 is 10.9. The first kappa shape index (κ1) is 18.8. The smallest absolute Gasteiger partial charge is 0.279 e. The molecule has 0 aliphatic carbocycles. The van der Waals surface area contributed by atoms with Crippen LogP contribution in [0.25, 0.3) is 0 Å². The molecule has 6 heteroatoms. The van der Waals surface area contributed by atoms with Crippen molar-refractivity contribution < 1.29 is 19.1 Å². The molecule has 0 radical (unpaired) electrons. The van der Waals surface area contributed by atoms with Crippen LogP contribution in [-0.2, 0) is 9.59 Å². The summed E-state index contributed by atoms with van der Waals surface area (Å²) in [7, 11) is 0. The molecule has 6 nitrogen and oxygen atoms in total. The maximum absolute atomic E-state index is 11.9. The lowest BCUT2D eigenvalue weighted by molar-refractivity contribution is -0.133. The van der Waals surface area contributed by atoms with Gasteiger partial charge in [0.05, 0.1) is 6.61 Å². The van der Waals surface area contributed by atoms with E-state index < -0.39 is 12.0 Å². The Kier molecular flexibility index (Phi) is 6.88. The Morgan fingerprint density at radius 2 is 1.65 bits per heavy atom. The van der Waals surface area contributed by atoms with Gasteiger partial charge in [0.25, 0.3) is 5.91 Å². The van der Waals surface area contributed by atoms with Crippen molar-refractivity contribution in [2.24, 2.45) is 5.41 Å². The molecule has 1 atom stereocenters. The van der Waals surface area contributed by atoms with Gasteiger partial charge in [0.1, 0.15) is 11.5 Å². The molecule has 0 aromatic heterocycles. The maximum atomic E-state index is 11.9. The number of carbonyl (C=O) groups excluding carboxylic acids is 2. The van der Waals surface area contributed by atoms with Gasteiger partial charge in [-0.1, -0.05) is 20.8 Å². The second kappa shape index (κ2) is 8.41. The standard InChI is InChI=1S/C17H26N2O4/c1-6-22-13-7-9-14(10-8-13)23-12(2)16(21)19-18-15(20)11-17(3,4)5/h7-10,12H,6,11H2,1-5H3,(H,18,20)(H,19,21). The van der Waals surface area contributed by atoms with Gasteiger partial charge in [-0.3, -0.25) is 20.4 Å². The number of nitrogens with one attached hydrogen (secondary N) is 2. The molecule has 0 fully saturated rings. The molecule has 0 spiro atoms. The number of hydrazine groups is 1. The predicted octanol–water partition coefficient (Wildman–Crippen LogP) is 2.44. The summed E-state index contributed by atoms with van der Waals surface area (Å²) in [6.07, 6.45) is -0.413. The van der Waals surface area contributed by atoms with Gasteiger partial charge in [-0.15, -0.1) is 0 Å². The molecule has 2 N–H and O–H groups in total. The van der Waals surface area contributed by atoms with Crippen molar-refractivity contribution in [1.29, 1.82) is 0 Å². The van der Waals surface area contributed by atoms with Crippen molar-refractivity contribution in [2.45, 2.75) is 47.1 Å². The highest BCUT2D eigenvalue weighted by molar-refractivity contribution is 5.84. The van der Waals surface area contributed by atoms with E-state index in [1.165, 1.54) is 0 Å². The second-order valence-electron chi connectivity index (χ2n) is 6.44. The lowest BCUT2D eigenvalue weighted by Gasteiger charge is -2.19. The van der Waals surface area contributed by atoms with Crippen LogP contribution in [0.1, 0.15) is 41.0 Å². The molecule has 1 aromatic carbocycles. The molecule has 0 saturated heterocycles. The first-order valence-electron chi connectivity index (χ1n) is 7.69. The third kappa shape index (κ3) is 7.54. The maximum Gasteiger partial charge on any atom is 0.279 e. The summed E-state index contributed by atoms with van der Waals surface area (Å²) in [5.41, 5.74) is 4.62. The molecule has 23 heavy (non-hydrogen) atoms. The topological polar surface area (TPSA) is 76.7 Å². The summed E-state index contributed by atoms with van der Waals surface area (Å²) in [4.78, 5) is 23.6. The molecule has 1 unspecified atom stereocenters. The van der Waals surface area contributed by atoms with E-state index in [1.54, 1.807) is 31.2 Å². The highest BCUT2D eigenvalue weighted by atomic mass is 16.5. The lowest BCUT2D eigenvalue weighted by atomic mass is 9.92. The minimum absolute atomic E-state index is 0.140. The Balaban J connectivity index is 2.43. The lowest BCUT2D eigenvalue weighted by Crippen LogP contribution is -2.47. The highest BCUT2D eigenvalue weighted by Crippen LogP contribution is 2.19. The van der Waals surface area contributed by atoms with Gasteiger partial charge >= 0.3 is 0 Å². The summed E-state index contributed by atoms with van der Waals surface area (Å²) in [5.74, 6) is 0.642. The van der Waals surface area contributed by atoms with Crippen LogP contribution >= 0.6 is 0 Å². The third-order valence-electron chi connectivity index (χ3n) is 2.83. The number of carbonyl (C=O) groups is 2. The Labute approximate surface area is 137 Å². The monoisotopic (exact) mass is 322 g/mol. The number of amides is 2. The first-order chi connectivity index (χ1) is 10.7. The summed E-state index contributed by atoms with van der Waals surface area (Å²) >= 11 is 0. The molecule has 1 rings (SSSR count). The van der Waals surface area contributed by atoms with Crippen LogP contribution in [0.2, 0.25) is 0 Å². The van der Waals surface area contributed by atoms with Gasteiger partial charge in [-0.25, -0.2) is 0 Å². The van der Waals surface area contributed by atoms with Crippen LogP contribution in [0.4, 0.5) is 0 Å². The molecule has 0 aliphatic rings. The van der Waals surface area contributed by atoms with Crippen LogP contribution in [-0.4, -0.2) is 24.5 Å². The van der Waals surface area contributed by atoms with Crippen LogP contribution in [0.3, 0.4) is 0 Å². The van der Waals surface area contributed by atoms with E-state index in [9.17, 15) is 9.59 Å². The van der Waals surface area contributed by atoms with Gasteiger partial charge in [-0.05, 0) is 43.5 Å². The van der Waals surface area contributed by atoms with E-state index in [0.717, 1.165) is 5.75 Å². The molecule has 0 bridgehead atoms. The van der Waals surface area contributed by atoms with E-state index in [4.69, 9.17) is 9.47 Å². The third-order valence-corrected chi connectivity index (χ3v) is 2.83. The van der Waals surface area contributed by atoms with Gasteiger partial charge in [-0.2, -0.15) is 0 Å². The molecule has 128 valence electrons. The van der Waals surface area contributed by atoms with Crippen molar-refractivity contribution in [1.82, 2.24) is 10.9 Å². The normalized spacial score (nSPS) is 12.2. The van der Waals surface area contributed by atoms with Crippen LogP contribution < -0.4 is 20.3 Å². The SMILES string of the molecule is CCOc1ccc(OC(C)C(=O)NNC(=O)CC(C)(C)C)cc1. The minimum Gasteiger partial charge on any atom is -0.494 e. The molecule has 0 saturated carbocycles. The van der Waals surface area contributed by atoms with E-state index in [1.807, 2.05) is 27.7 Å². The van der Waals surface area contributed by atoms with Gasteiger partial charge in [0.2, 0.25) is 5.91 Å². The summed E-state index contributed by atoms with van der Waals surface area (Å²) in [5, 5.41) is 0. The van der Waals surface area contributed by atoms with Crippen molar-refractivity contribution in [3.05, 3.63) is 24.3 Å². The quantitative estimate of drug-likeness (QED) is 0.789. The molecule has 0 heterocycles. The zero-order chi connectivity index (χ0) is 17.5. The van der Waals surface area contributed by atoms with E-state index in [0.29, 0.717) is 18.8 Å². The zero-order valence-electron chi connectivity index (χ0n) is 14.4. The Hall–Kier alpha value is -2.24. The number of benzene rings is 1. The Morgan fingerprint density at radius 3 is 2.17 bits per heavy atom. The van der Waals surface area contributed by atoms with E-state index in [-0.39, 0.29) is 11.3 Å². The fourth-order valence-electron chi connectivity index (χ4n) is 1.80. The number of ether oxygens (including phenoxy) is 2. The van der Waals surface area contributed by atoms with E-state index >= 15 is 0 Å². The Bertz CT molecular complexity index is 520. The largest absolute Gasteiger partial charge is 0.494 e. The highest BCUT2D eigenvalue weighted by Gasteiger charge is 2.18. The van der Waals surface area contributed by atoms with Crippen molar-refractivity contribution in [3.63, 3.8) is 0 Å². The summed E-state index contributed by atoms with van der Waals surface area (Å²) in [6, 6.07) is 7.00. The predicted molar refractivity (Wildman–Crippen MR) is 88.1 cm³/mol. The van der Waals surface area contributed by atoms with Crippen molar-refractivity contribution >= 4 is 11.8 Å². The molecule has 2 amide bonds. The molecule has 0 aliphatic heterocycles. The fraction of sp³-hybridized carbons (Fsp3) is 0.529. The van der Waals surface area contributed by atoms with Gasteiger partial charge < -0.3 is 9.47 Å². The Morgan fingerprint density at radius 1 is 1.09 bits per heavy atom. The summed E-state index contributed by atoms with van der Waals surface area (Å²) in [6.45, 7) is 9.96. The zero-order valence-corrected chi connectivity index (χ0v) is 14.4. The number of rotatable bonds is 6. The van der Waals surface area contributed by atoms with Crippen molar-refractivity contribution in [2.75, 3.05) is 6.61 Å². The van der Waals surface area contributed by atoms with Crippen LogP contribution in [0.15, 0.2) is 24.3 Å². The molecular weight excluding hydrogens is 296 g/mol. The average molecular weight is 322 g/mol. The first-order valence-corrected chi connectivity index (χ1v) is 7.69. The van der Waals surface area contributed by atoms with Crippen LogP contribution in [0.5, 0.6) is 11.5 Å². The minimum atomic E-state index is -0.733.